The minimum Gasteiger partial charge on any atom is -0.350 e. The van der Waals surface area contributed by atoms with Crippen LogP contribution < -0.4 is 11.1 Å². The molecule has 4 unspecified atom stereocenters. The molecular formula is C16H30N2O. The molecule has 2 bridgehead atoms. The summed E-state index contributed by atoms with van der Waals surface area (Å²) in [6.07, 6.45) is 7.07. The van der Waals surface area contributed by atoms with Crippen molar-refractivity contribution in [3.8, 4) is 0 Å². The summed E-state index contributed by atoms with van der Waals surface area (Å²) in [6, 6.07) is 0. The van der Waals surface area contributed by atoms with Crippen LogP contribution in [0.1, 0.15) is 59.3 Å². The number of hydrogen-bond donors (Lipinski definition) is 2. The van der Waals surface area contributed by atoms with Crippen LogP contribution in [0.3, 0.4) is 0 Å². The molecule has 0 heterocycles. The molecule has 0 aromatic heterocycles. The van der Waals surface area contributed by atoms with E-state index in [4.69, 9.17) is 5.73 Å². The Hall–Kier alpha value is -0.570. The number of amides is 1. The lowest BCUT2D eigenvalue weighted by atomic mass is 9.85. The van der Waals surface area contributed by atoms with E-state index in [1.165, 1.54) is 25.7 Å². The molecular weight excluding hydrogens is 236 g/mol. The first-order valence-corrected chi connectivity index (χ1v) is 7.93. The lowest BCUT2D eigenvalue weighted by Crippen LogP contribution is -2.52. The Morgan fingerprint density at radius 1 is 1.37 bits per heavy atom. The Morgan fingerprint density at radius 2 is 2.11 bits per heavy atom. The van der Waals surface area contributed by atoms with Gasteiger partial charge in [0.25, 0.3) is 0 Å². The Morgan fingerprint density at radius 3 is 2.58 bits per heavy atom. The minimum absolute atomic E-state index is 0.214. The molecule has 2 fully saturated rings. The zero-order valence-electron chi connectivity index (χ0n) is 12.7. The van der Waals surface area contributed by atoms with Crippen LogP contribution in [-0.4, -0.2) is 18.0 Å². The molecule has 3 N–H and O–H groups in total. The van der Waals surface area contributed by atoms with Crippen molar-refractivity contribution >= 4 is 5.91 Å². The van der Waals surface area contributed by atoms with Crippen LogP contribution in [0.2, 0.25) is 0 Å². The third kappa shape index (κ3) is 3.71. The third-order valence-corrected chi connectivity index (χ3v) is 5.08. The average Bonchev–Trinajstić information content (AvgIpc) is 2.89. The number of hydrogen-bond acceptors (Lipinski definition) is 2. The fraction of sp³-hybridized carbons (Fsp3) is 0.938. The molecule has 110 valence electrons. The summed E-state index contributed by atoms with van der Waals surface area (Å²) in [4.78, 5) is 12.3. The molecule has 0 saturated heterocycles. The van der Waals surface area contributed by atoms with Crippen molar-refractivity contribution in [1.29, 1.82) is 0 Å². The van der Waals surface area contributed by atoms with Gasteiger partial charge in [-0.15, -0.1) is 0 Å². The van der Waals surface area contributed by atoms with Crippen molar-refractivity contribution < 1.29 is 4.79 Å². The van der Waals surface area contributed by atoms with E-state index in [1.807, 2.05) is 0 Å². The van der Waals surface area contributed by atoms with E-state index in [0.29, 0.717) is 18.4 Å². The van der Waals surface area contributed by atoms with Crippen LogP contribution in [0.5, 0.6) is 0 Å². The monoisotopic (exact) mass is 266 g/mol. The number of carbonyl (C=O) groups excluding carboxylic acids is 1. The second kappa shape index (κ2) is 5.82. The largest absolute Gasteiger partial charge is 0.350 e. The summed E-state index contributed by atoms with van der Waals surface area (Å²) in [6.45, 7) is 6.95. The highest BCUT2D eigenvalue weighted by atomic mass is 16.1. The molecule has 0 spiro atoms. The topological polar surface area (TPSA) is 55.1 Å². The maximum absolute atomic E-state index is 12.3. The van der Waals surface area contributed by atoms with Crippen molar-refractivity contribution in [3.05, 3.63) is 0 Å². The molecule has 3 nitrogen and oxygen atoms in total. The van der Waals surface area contributed by atoms with E-state index in [9.17, 15) is 4.79 Å². The normalized spacial score (nSPS) is 32.6. The Labute approximate surface area is 117 Å². The fourth-order valence-electron chi connectivity index (χ4n) is 4.34. The van der Waals surface area contributed by atoms with Crippen LogP contribution in [0.25, 0.3) is 0 Å². The van der Waals surface area contributed by atoms with Crippen molar-refractivity contribution in [2.45, 2.75) is 64.8 Å². The quantitative estimate of drug-likeness (QED) is 0.776. The van der Waals surface area contributed by atoms with Crippen LogP contribution in [0.4, 0.5) is 0 Å². The molecule has 19 heavy (non-hydrogen) atoms. The SMILES string of the molecule is CC(C)CC(C)(CN)NC(=O)CC1CC2CCC1C2. The van der Waals surface area contributed by atoms with E-state index >= 15 is 0 Å². The van der Waals surface area contributed by atoms with Gasteiger partial charge in [-0.1, -0.05) is 20.3 Å². The first-order chi connectivity index (χ1) is 8.92. The summed E-state index contributed by atoms with van der Waals surface area (Å²) in [7, 11) is 0. The zero-order chi connectivity index (χ0) is 14.0. The Balaban J connectivity index is 1.83. The number of nitrogens with two attached hydrogens (primary N) is 1. The smallest absolute Gasteiger partial charge is 0.220 e. The van der Waals surface area contributed by atoms with E-state index in [1.54, 1.807) is 0 Å². The summed E-state index contributed by atoms with van der Waals surface area (Å²) in [5.41, 5.74) is 5.62. The van der Waals surface area contributed by atoms with Gasteiger partial charge in [-0.25, -0.2) is 0 Å². The molecule has 0 radical (unpaired) electrons. The predicted octanol–water partition coefficient (Wildman–Crippen LogP) is 2.69. The molecule has 0 aromatic carbocycles. The lowest BCUT2D eigenvalue weighted by Gasteiger charge is -2.32. The van der Waals surface area contributed by atoms with Crippen LogP contribution >= 0.6 is 0 Å². The maximum Gasteiger partial charge on any atom is 0.220 e. The minimum atomic E-state index is -0.233. The number of nitrogens with one attached hydrogen (secondary N) is 1. The molecule has 2 aliphatic carbocycles. The highest BCUT2D eigenvalue weighted by Gasteiger charge is 2.40. The summed E-state index contributed by atoms with van der Waals surface area (Å²) < 4.78 is 0. The molecule has 1 amide bonds. The van der Waals surface area contributed by atoms with E-state index in [-0.39, 0.29) is 11.4 Å². The van der Waals surface area contributed by atoms with Gasteiger partial charge in [0.2, 0.25) is 5.91 Å². The maximum atomic E-state index is 12.3. The van der Waals surface area contributed by atoms with Gasteiger partial charge in [0.15, 0.2) is 0 Å². The van der Waals surface area contributed by atoms with Gasteiger partial charge in [-0.05, 0) is 56.3 Å². The molecule has 4 atom stereocenters. The molecule has 2 aliphatic rings. The molecule has 0 aliphatic heterocycles. The number of carbonyl (C=O) groups is 1. The fourth-order valence-corrected chi connectivity index (χ4v) is 4.34. The predicted molar refractivity (Wildman–Crippen MR) is 78.6 cm³/mol. The van der Waals surface area contributed by atoms with Gasteiger partial charge >= 0.3 is 0 Å². The first kappa shape index (κ1) is 14.8. The number of fused-ring (bicyclic) bond motifs is 2. The van der Waals surface area contributed by atoms with Crippen molar-refractivity contribution in [1.82, 2.24) is 5.32 Å². The summed E-state index contributed by atoms with van der Waals surface area (Å²) in [5, 5.41) is 3.20. The van der Waals surface area contributed by atoms with Gasteiger partial charge in [-0.2, -0.15) is 0 Å². The molecule has 2 rings (SSSR count). The average molecular weight is 266 g/mol. The van der Waals surface area contributed by atoms with E-state index in [2.05, 4.69) is 26.1 Å². The molecule has 0 aromatic rings. The van der Waals surface area contributed by atoms with Gasteiger partial charge in [0, 0.05) is 18.5 Å². The Kier molecular flexibility index (Phi) is 4.54. The van der Waals surface area contributed by atoms with Crippen LogP contribution in [0, 0.1) is 23.7 Å². The highest BCUT2D eigenvalue weighted by Crippen LogP contribution is 2.49. The lowest BCUT2D eigenvalue weighted by molar-refractivity contribution is -0.124. The van der Waals surface area contributed by atoms with Crippen molar-refractivity contribution in [2.24, 2.45) is 29.4 Å². The highest BCUT2D eigenvalue weighted by molar-refractivity contribution is 5.77. The standard InChI is InChI=1S/C16H30N2O/c1-11(2)9-16(3,10-17)18-15(19)8-14-7-12-4-5-13(14)6-12/h11-14H,4-10,17H2,1-3H3,(H,18,19). The van der Waals surface area contributed by atoms with Crippen LogP contribution in [-0.2, 0) is 4.79 Å². The summed E-state index contributed by atoms with van der Waals surface area (Å²) in [5.74, 6) is 3.15. The summed E-state index contributed by atoms with van der Waals surface area (Å²) >= 11 is 0. The number of rotatable bonds is 6. The molecule has 3 heteroatoms. The Bertz CT molecular complexity index is 329. The zero-order valence-corrected chi connectivity index (χ0v) is 12.7. The third-order valence-electron chi connectivity index (χ3n) is 5.08. The molecule has 2 saturated carbocycles. The van der Waals surface area contributed by atoms with E-state index in [0.717, 1.165) is 24.7 Å². The second-order valence-corrected chi connectivity index (χ2v) is 7.55. The van der Waals surface area contributed by atoms with Crippen molar-refractivity contribution in [2.75, 3.05) is 6.54 Å². The van der Waals surface area contributed by atoms with Crippen LogP contribution in [0.15, 0.2) is 0 Å². The second-order valence-electron chi connectivity index (χ2n) is 7.55. The van der Waals surface area contributed by atoms with Gasteiger partial charge in [0.05, 0.1) is 0 Å². The van der Waals surface area contributed by atoms with Crippen molar-refractivity contribution in [3.63, 3.8) is 0 Å². The first-order valence-electron chi connectivity index (χ1n) is 7.93. The van der Waals surface area contributed by atoms with Gasteiger partial charge in [0.1, 0.15) is 0 Å². The van der Waals surface area contributed by atoms with Gasteiger partial charge < -0.3 is 11.1 Å². The van der Waals surface area contributed by atoms with E-state index < -0.39 is 0 Å². The van der Waals surface area contributed by atoms with Gasteiger partial charge in [-0.3, -0.25) is 4.79 Å².